The molecule has 1 saturated carbocycles. The largest absolute Gasteiger partial charge is 0.462 e. The molecule has 2 aromatic carbocycles. The number of ether oxygens (including phenoxy) is 2. The quantitative estimate of drug-likeness (QED) is 0.454. The smallest absolute Gasteiger partial charge is 0.344 e. The standard InChI is InChI=1S/C21H20Cl2O4/c22-18-11-10-15(12-19(18)23)27-21(25)17-9-5-4-8-16(17)20(24)26-13-14-6-2-1-3-7-14/h4-5,8-12,14H,1-3,6-7,13H2. The van der Waals surface area contributed by atoms with Crippen LogP contribution in [0.5, 0.6) is 5.75 Å². The Bertz CT molecular complexity index is 829. The second-order valence-electron chi connectivity index (χ2n) is 6.61. The van der Waals surface area contributed by atoms with Gasteiger partial charge in [-0.25, -0.2) is 9.59 Å². The van der Waals surface area contributed by atoms with E-state index >= 15 is 0 Å². The molecule has 0 radical (unpaired) electrons. The molecule has 0 saturated heterocycles. The highest BCUT2D eigenvalue weighted by Gasteiger charge is 2.21. The minimum Gasteiger partial charge on any atom is -0.462 e. The molecule has 0 atom stereocenters. The number of hydrogen-bond acceptors (Lipinski definition) is 4. The first-order valence-electron chi connectivity index (χ1n) is 8.98. The van der Waals surface area contributed by atoms with Crippen molar-refractivity contribution in [3.8, 4) is 5.75 Å². The van der Waals surface area contributed by atoms with Crippen LogP contribution in [-0.4, -0.2) is 18.5 Å². The third-order valence-corrected chi connectivity index (χ3v) is 5.38. The van der Waals surface area contributed by atoms with Crippen LogP contribution in [0.1, 0.15) is 52.8 Å². The minimum absolute atomic E-state index is 0.150. The molecule has 4 nitrogen and oxygen atoms in total. The van der Waals surface area contributed by atoms with E-state index in [1.807, 2.05) is 0 Å². The third kappa shape index (κ3) is 5.24. The average molecular weight is 407 g/mol. The molecule has 3 rings (SSSR count). The summed E-state index contributed by atoms with van der Waals surface area (Å²) < 4.78 is 10.8. The van der Waals surface area contributed by atoms with Crippen molar-refractivity contribution in [2.24, 2.45) is 5.92 Å². The molecule has 0 bridgehead atoms. The van der Waals surface area contributed by atoms with Crippen molar-refractivity contribution in [2.45, 2.75) is 32.1 Å². The van der Waals surface area contributed by atoms with Gasteiger partial charge in [-0.3, -0.25) is 0 Å². The summed E-state index contributed by atoms with van der Waals surface area (Å²) in [6.07, 6.45) is 5.75. The molecular weight excluding hydrogens is 387 g/mol. The van der Waals surface area contributed by atoms with Crippen LogP contribution in [0.2, 0.25) is 10.0 Å². The van der Waals surface area contributed by atoms with E-state index in [2.05, 4.69) is 0 Å². The van der Waals surface area contributed by atoms with E-state index in [9.17, 15) is 9.59 Å². The first-order valence-corrected chi connectivity index (χ1v) is 9.73. The Morgan fingerprint density at radius 3 is 2.22 bits per heavy atom. The molecule has 0 aliphatic heterocycles. The van der Waals surface area contributed by atoms with E-state index in [-0.39, 0.29) is 21.9 Å². The molecule has 1 fully saturated rings. The zero-order valence-electron chi connectivity index (χ0n) is 14.8. The SMILES string of the molecule is O=C(OCC1CCCCC1)c1ccccc1C(=O)Oc1ccc(Cl)c(Cl)c1. The van der Waals surface area contributed by atoms with Crippen LogP contribution in [0.3, 0.4) is 0 Å². The highest BCUT2D eigenvalue weighted by Crippen LogP contribution is 2.27. The normalized spacial score (nSPS) is 14.6. The average Bonchev–Trinajstić information content (AvgIpc) is 2.69. The number of rotatable bonds is 5. The van der Waals surface area contributed by atoms with Gasteiger partial charge in [-0.2, -0.15) is 0 Å². The summed E-state index contributed by atoms with van der Waals surface area (Å²) in [6, 6.07) is 11.0. The summed E-state index contributed by atoms with van der Waals surface area (Å²) in [5.41, 5.74) is 0.343. The summed E-state index contributed by atoms with van der Waals surface area (Å²) >= 11 is 11.8. The summed E-state index contributed by atoms with van der Waals surface area (Å²) in [7, 11) is 0. The highest BCUT2D eigenvalue weighted by atomic mass is 35.5. The fourth-order valence-corrected chi connectivity index (χ4v) is 3.45. The van der Waals surface area contributed by atoms with Crippen molar-refractivity contribution >= 4 is 35.1 Å². The molecule has 1 aliphatic rings. The summed E-state index contributed by atoms with van der Waals surface area (Å²) in [5, 5.41) is 0.644. The van der Waals surface area contributed by atoms with Crippen molar-refractivity contribution in [1.29, 1.82) is 0 Å². The van der Waals surface area contributed by atoms with Crippen molar-refractivity contribution in [2.75, 3.05) is 6.61 Å². The van der Waals surface area contributed by atoms with Crippen molar-refractivity contribution < 1.29 is 19.1 Å². The fourth-order valence-electron chi connectivity index (χ4n) is 3.17. The fraction of sp³-hybridized carbons (Fsp3) is 0.333. The number of esters is 2. The molecule has 0 unspecified atom stereocenters. The molecule has 0 aromatic heterocycles. The van der Waals surface area contributed by atoms with Crippen LogP contribution >= 0.6 is 23.2 Å². The van der Waals surface area contributed by atoms with Gasteiger partial charge in [-0.1, -0.05) is 54.6 Å². The molecule has 27 heavy (non-hydrogen) atoms. The van der Waals surface area contributed by atoms with Gasteiger partial charge < -0.3 is 9.47 Å². The van der Waals surface area contributed by atoms with Gasteiger partial charge in [0.15, 0.2) is 0 Å². The van der Waals surface area contributed by atoms with Crippen LogP contribution in [0.4, 0.5) is 0 Å². The molecule has 142 valence electrons. The highest BCUT2D eigenvalue weighted by molar-refractivity contribution is 6.42. The summed E-state index contributed by atoms with van der Waals surface area (Å²) in [4.78, 5) is 25.0. The zero-order valence-corrected chi connectivity index (χ0v) is 16.3. The number of carbonyl (C=O) groups excluding carboxylic acids is 2. The van der Waals surface area contributed by atoms with E-state index in [0.717, 1.165) is 12.8 Å². The van der Waals surface area contributed by atoms with E-state index in [0.29, 0.717) is 17.5 Å². The number of halogens is 2. The molecule has 0 heterocycles. The van der Waals surface area contributed by atoms with Crippen molar-refractivity contribution in [3.63, 3.8) is 0 Å². The van der Waals surface area contributed by atoms with Crippen molar-refractivity contribution in [1.82, 2.24) is 0 Å². The second-order valence-corrected chi connectivity index (χ2v) is 7.43. The first-order chi connectivity index (χ1) is 13.0. The molecular formula is C21H20Cl2O4. The Kier molecular flexibility index (Phi) is 6.75. The monoisotopic (exact) mass is 406 g/mol. The van der Waals surface area contributed by atoms with Crippen LogP contribution < -0.4 is 4.74 Å². The minimum atomic E-state index is -0.654. The number of benzene rings is 2. The first kappa shape index (κ1) is 19.7. The predicted molar refractivity (Wildman–Crippen MR) is 105 cm³/mol. The predicted octanol–water partition coefficient (Wildman–Crippen LogP) is 5.95. The Morgan fingerprint density at radius 1 is 0.889 bits per heavy atom. The topological polar surface area (TPSA) is 52.6 Å². The Balaban J connectivity index is 1.69. The molecule has 1 aliphatic carbocycles. The molecule has 0 amide bonds. The van der Waals surface area contributed by atoms with Crippen LogP contribution in [0.25, 0.3) is 0 Å². The lowest BCUT2D eigenvalue weighted by molar-refractivity contribution is 0.0404. The van der Waals surface area contributed by atoms with E-state index < -0.39 is 11.9 Å². The van der Waals surface area contributed by atoms with Crippen LogP contribution in [0, 0.1) is 5.92 Å². The maximum atomic E-state index is 12.5. The molecule has 2 aromatic rings. The van der Waals surface area contributed by atoms with Gasteiger partial charge >= 0.3 is 11.9 Å². The van der Waals surface area contributed by atoms with Gasteiger partial charge in [0.05, 0.1) is 27.8 Å². The molecule has 0 spiro atoms. The maximum absolute atomic E-state index is 12.5. The Hall–Kier alpha value is -2.04. The van der Waals surface area contributed by atoms with Crippen molar-refractivity contribution in [3.05, 3.63) is 63.6 Å². The maximum Gasteiger partial charge on any atom is 0.344 e. The summed E-state index contributed by atoms with van der Waals surface area (Å²) in [5.74, 6) is -0.515. The van der Waals surface area contributed by atoms with Gasteiger partial charge in [-0.15, -0.1) is 0 Å². The van der Waals surface area contributed by atoms with Gasteiger partial charge in [0.2, 0.25) is 0 Å². The van der Waals surface area contributed by atoms with E-state index in [1.165, 1.54) is 43.5 Å². The molecule has 6 heteroatoms. The van der Waals surface area contributed by atoms with Gasteiger partial charge in [-0.05, 0) is 43.0 Å². The number of carbonyl (C=O) groups is 2. The van der Waals surface area contributed by atoms with Gasteiger partial charge in [0, 0.05) is 6.07 Å². The lowest BCUT2D eigenvalue weighted by atomic mass is 9.90. The van der Waals surface area contributed by atoms with Crippen LogP contribution in [-0.2, 0) is 4.74 Å². The van der Waals surface area contributed by atoms with E-state index in [4.69, 9.17) is 32.7 Å². The molecule has 0 N–H and O–H groups in total. The van der Waals surface area contributed by atoms with Crippen LogP contribution in [0.15, 0.2) is 42.5 Å². The lowest BCUT2D eigenvalue weighted by Gasteiger charge is -2.21. The van der Waals surface area contributed by atoms with Gasteiger partial charge in [0.1, 0.15) is 5.75 Å². The Morgan fingerprint density at radius 2 is 1.56 bits per heavy atom. The lowest BCUT2D eigenvalue weighted by Crippen LogP contribution is -2.19. The second kappa shape index (κ2) is 9.25. The zero-order chi connectivity index (χ0) is 19.2. The number of hydrogen-bond donors (Lipinski definition) is 0. The third-order valence-electron chi connectivity index (χ3n) is 4.64. The summed E-state index contributed by atoms with van der Waals surface area (Å²) in [6.45, 7) is 0.384. The van der Waals surface area contributed by atoms with E-state index in [1.54, 1.807) is 18.2 Å². The van der Waals surface area contributed by atoms with Gasteiger partial charge in [0.25, 0.3) is 0 Å². The Labute approximate surface area is 168 Å².